The van der Waals surface area contributed by atoms with Gasteiger partial charge < -0.3 is 15.1 Å². The van der Waals surface area contributed by atoms with Gasteiger partial charge in [0.1, 0.15) is 22.6 Å². The van der Waals surface area contributed by atoms with E-state index >= 15 is 0 Å². The van der Waals surface area contributed by atoms with Gasteiger partial charge in [-0.1, -0.05) is 111 Å². The Balaban J connectivity index is 1.51. The van der Waals surface area contributed by atoms with Crippen LogP contribution in [0.5, 0.6) is 0 Å². The molecule has 0 radical (unpaired) electrons. The van der Waals surface area contributed by atoms with Gasteiger partial charge in [0.2, 0.25) is 0 Å². The number of carboxylic acids is 1. The van der Waals surface area contributed by atoms with Gasteiger partial charge in [-0.05, 0) is 57.2 Å². The topological polar surface area (TPSA) is 146 Å². The molecule has 10 nitrogen and oxygen atoms in total. The number of fused-ring (bicyclic) bond motifs is 20. The Morgan fingerprint density at radius 1 is 0.509 bits per heavy atom. The summed E-state index contributed by atoms with van der Waals surface area (Å²) in [7, 11) is 0. The molecule has 3 aromatic heterocycles. The largest absolute Gasteiger partial charge is 0.478 e. The highest BCUT2D eigenvalue weighted by molar-refractivity contribution is 6.08. The molecule has 9 rings (SSSR count). The highest BCUT2D eigenvalue weighted by atomic mass is 16.4. The van der Waals surface area contributed by atoms with Crippen molar-refractivity contribution in [3.05, 3.63) is 95.1 Å². The Bertz CT molecular complexity index is 2970. The molecule has 0 unspecified atom stereocenters. The van der Waals surface area contributed by atoms with Crippen LogP contribution in [-0.4, -0.2) is 50.9 Å². The highest BCUT2D eigenvalue weighted by Crippen LogP contribution is 2.43. The molecule has 8 bridgehead atoms. The van der Waals surface area contributed by atoms with Gasteiger partial charge in [-0.15, -0.1) is 0 Å². The van der Waals surface area contributed by atoms with Crippen molar-refractivity contribution < 1.29 is 9.90 Å². The van der Waals surface area contributed by atoms with Crippen LogP contribution in [-0.2, 0) is 16.2 Å². The van der Waals surface area contributed by atoms with Gasteiger partial charge in [0, 0.05) is 43.8 Å². The molecule has 0 fully saturated rings. The van der Waals surface area contributed by atoms with Crippen molar-refractivity contribution in [3.63, 3.8) is 0 Å². The van der Waals surface area contributed by atoms with Gasteiger partial charge in [0.15, 0.2) is 23.3 Å². The van der Waals surface area contributed by atoms with Gasteiger partial charge in [0.25, 0.3) is 0 Å². The zero-order chi connectivity index (χ0) is 38.8. The second kappa shape index (κ2) is 11.6. The third kappa shape index (κ3) is 5.58. The van der Waals surface area contributed by atoms with Crippen molar-refractivity contribution in [2.75, 3.05) is 0 Å². The van der Waals surface area contributed by atoms with Crippen LogP contribution in [0.25, 0.3) is 89.7 Å². The standard InChI is InChI=1S/C45H42N8O2/c1-43(2,3)23-17-19-25-29(21-23)39-47-34(25)46-38-28-20-22(42(54)55)16-18-24(28)35(48-38)50-40-33-27(13-11-15-31(33)45(7,8)9)37(52-40)53-41-32-26(36(49-39)51-41)12-10-14-30(32)44(4,5)6/h10-21H,1-9H3,(H,54,55)(H2,46,47,48,49,50,51,52,53). The molecule has 55 heavy (non-hydrogen) atoms. The number of nitrogens with one attached hydrogen (secondary N) is 2. The average molecular weight is 727 g/mol. The number of aromatic carboxylic acids is 1. The molecule has 4 aromatic carbocycles. The number of hydrogen-bond acceptors (Lipinski definition) is 7. The molecule has 10 heteroatoms. The minimum absolute atomic E-state index is 0.119. The monoisotopic (exact) mass is 726 g/mol. The Labute approximate surface area is 318 Å². The van der Waals surface area contributed by atoms with Crippen LogP contribution in [0.15, 0.2) is 72.8 Å². The predicted molar refractivity (Wildman–Crippen MR) is 219 cm³/mol. The summed E-state index contributed by atoms with van der Waals surface area (Å²) < 4.78 is 0. The summed E-state index contributed by atoms with van der Waals surface area (Å²) in [5.41, 5.74) is 8.42. The maximum Gasteiger partial charge on any atom is 0.335 e. The first-order valence-corrected chi connectivity index (χ1v) is 18.6. The molecule has 5 heterocycles. The van der Waals surface area contributed by atoms with Crippen LogP contribution >= 0.6 is 0 Å². The minimum Gasteiger partial charge on any atom is -0.478 e. The number of carboxylic acid groups (broad SMARTS) is 1. The maximum atomic E-state index is 12.2. The van der Waals surface area contributed by atoms with Crippen molar-refractivity contribution in [1.29, 1.82) is 0 Å². The lowest BCUT2D eigenvalue weighted by Crippen LogP contribution is -2.12. The number of aromatic nitrogens is 8. The van der Waals surface area contributed by atoms with Crippen LogP contribution in [0, 0.1) is 0 Å². The number of hydrogen-bond donors (Lipinski definition) is 3. The summed E-state index contributed by atoms with van der Waals surface area (Å²) in [5, 5.41) is 13.6. The van der Waals surface area contributed by atoms with E-state index < -0.39 is 5.97 Å². The lowest BCUT2D eigenvalue weighted by atomic mass is 9.82. The highest BCUT2D eigenvalue weighted by Gasteiger charge is 2.29. The number of benzene rings is 4. The van der Waals surface area contributed by atoms with Gasteiger partial charge >= 0.3 is 5.97 Å². The van der Waals surface area contributed by atoms with E-state index in [4.69, 9.17) is 29.9 Å². The van der Waals surface area contributed by atoms with Crippen molar-refractivity contribution in [1.82, 2.24) is 39.9 Å². The first-order chi connectivity index (χ1) is 26.0. The maximum absolute atomic E-state index is 12.2. The zero-order valence-electron chi connectivity index (χ0n) is 32.5. The lowest BCUT2D eigenvalue weighted by Gasteiger charge is -2.22. The van der Waals surface area contributed by atoms with Crippen molar-refractivity contribution in [3.8, 4) is 45.6 Å². The second-order valence-corrected chi connectivity index (χ2v) is 17.6. The van der Waals surface area contributed by atoms with E-state index in [0.717, 1.165) is 49.4 Å². The molecule has 2 aliphatic rings. The van der Waals surface area contributed by atoms with Crippen LogP contribution in [0.4, 0.5) is 0 Å². The first kappa shape index (κ1) is 34.5. The van der Waals surface area contributed by atoms with Crippen LogP contribution in [0.2, 0.25) is 0 Å². The molecule has 0 spiro atoms. The van der Waals surface area contributed by atoms with E-state index in [0.29, 0.717) is 57.0 Å². The van der Waals surface area contributed by atoms with E-state index in [-0.39, 0.29) is 21.8 Å². The van der Waals surface area contributed by atoms with Crippen LogP contribution in [0.3, 0.4) is 0 Å². The summed E-state index contributed by atoms with van der Waals surface area (Å²) >= 11 is 0. The molecule has 0 amide bonds. The molecule has 0 saturated carbocycles. The van der Waals surface area contributed by atoms with Crippen molar-refractivity contribution in [2.45, 2.75) is 78.6 Å². The first-order valence-electron chi connectivity index (χ1n) is 18.6. The summed E-state index contributed by atoms with van der Waals surface area (Å²) in [6.45, 7) is 19.7. The molecular formula is C45H42N8O2. The van der Waals surface area contributed by atoms with E-state index in [1.807, 2.05) is 0 Å². The van der Waals surface area contributed by atoms with Gasteiger partial charge in [-0.2, -0.15) is 0 Å². The Morgan fingerprint density at radius 2 is 1.09 bits per heavy atom. The SMILES string of the molecule is CC(C)(C)c1ccc2c3nc4nc(nc5[nH]c(nc6nc(nc([nH]3)c2c1)-c1cccc(C(C)(C)C)c1-6)c1cccc(C(C)(C)C)c51)-c1ccc(C(=O)O)cc1-4. The van der Waals surface area contributed by atoms with Gasteiger partial charge in [-0.25, -0.2) is 34.7 Å². The number of nitrogens with zero attached hydrogens (tertiary/aromatic N) is 6. The third-order valence-corrected chi connectivity index (χ3v) is 10.6. The normalized spacial score (nSPS) is 13.0. The molecule has 2 aliphatic heterocycles. The van der Waals surface area contributed by atoms with E-state index in [9.17, 15) is 9.90 Å². The predicted octanol–water partition coefficient (Wildman–Crippen LogP) is 10.5. The number of aromatic amines is 2. The number of carbonyl (C=O) groups is 1. The fraction of sp³-hybridized carbons (Fsp3) is 0.267. The number of rotatable bonds is 1. The van der Waals surface area contributed by atoms with Crippen LogP contribution in [0.1, 0.15) is 89.4 Å². The molecule has 274 valence electrons. The van der Waals surface area contributed by atoms with Gasteiger partial charge in [-0.3, -0.25) is 0 Å². The Hall–Kier alpha value is -6.29. The van der Waals surface area contributed by atoms with Crippen LogP contribution < -0.4 is 0 Å². The average Bonchev–Trinajstić information content (AvgIpc) is 3.85. The summed E-state index contributed by atoms with van der Waals surface area (Å²) in [6.07, 6.45) is 0. The fourth-order valence-electron chi connectivity index (χ4n) is 7.74. The quantitative estimate of drug-likeness (QED) is 0.151. The fourth-order valence-corrected chi connectivity index (χ4v) is 7.74. The molecular weight excluding hydrogens is 685 g/mol. The van der Waals surface area contributed by atoms with Crippen molar-refractivity contribution >= 4 is 50.1 Å². The molecule has 0 atom stereocenters. The summed E-state index contributed by atoms with van der Waals surface area (Å²) in [6, 6.07) is 23.8. The molecule has 7 aromatic rings. The lowest BCUT2D eigenvalue weighted by molar-refractivity contribution is 0.0697. The van der Waals surface area contributed by atoms with E-state index in [1.165, 1.54) is 0 Å². The molecule has 3 N–H and O–H groups in total. The second-order valence-electron chi connectivity index (χ2n) is 17.6. The Morgan fingerprint density at radius 3 is 1.80 bits per heavy atom. The zero-order valence-corrected chi connectivity index (χ0v) is 32.5. The van der Waals surface area contributed by atoms with Gasteiger partial charge in [0.05, 0.1) is 5.56 Å². The molecule has 0 aliphatic carbocycles. The minimum atomic E-state index is -1.04. The number of H-pyrrole nitrogens is 2. The summed E-state index contributed by atoms with van der Waals surface area (Å²) in [4.78, 5) is 50.4. The smallest absolute Gasteiger partial charge is 0.335 e. The molecule has 0 saturated heterocycles. The Kier molecular flexibility index (Phi) is 7.27. The summed E-state index contributed by atoms with van der Waals surface area (Å²) in [5.74, 6) is 0.847. The van der Waals surface area contributed by atoms with E-state index in [1.54, 1.807) is 18.2 Å². The van der Waals surface area contributed by atoms with E-state index in [2.05, 4.69) is 127 Å². The third-order valence-electron chi connectivity index (χ3n) is 10.6. The van der Waals surface area contributed by atoms with Crippen molar-refractivity contribution in [2.24, 2.45) is 0 Å².